The largest absolute Gasteiger partial charge is 0.399 e. The smallest absolute Gasteiger partial charge is 0.243 e. The highest BCUT2D eigenvalue weighted by molar-refractivity contribution is 7.89. The summed E-state index contributed by atoms with van der Waals surface area (Å²) in [4.78, 5) is 0.374. The van der Waals surface area contributed by atoms with E-state index in [0.29, 0.717) is 23.0 Å². The molecule has 0 bridgehead atoms. The van der Waals surface area contributed by atoms with Gasteiger partial charge in [-0.3, -0.25) is 0 Å². The maximum absolute atomic E-state index is 12.9. The van der Waals surface area contributed by atoms with Crippen molar-refractivity contribution >= 4 is 15.7 Å². The van der Waals surface area contributed by atoms with Gasteiger partial charge in [-0.2, -0.15) is 4.31 Å². The Morgan fingerprint density at radius 1 is 1.00 bits per heavy atom. The summed E-state index contributed by atoms with van der Waals surface area (Å²) in [6.07, 6.45) is 8.11. The second kappa shape index (κ2) is 5.97. The summed E-state index contributed by atoms with van der Waals surface area (Å²) in [7, 11) is -3.38. The van der Waals surface area contributed by atoms with Crippen LogP contribution in [0.15, 0.2) is 29.2 Å². The first kappa shape index (κ1) is 14.9. The standard InChI is InChI=1S/C16H24N2O2S/c17-14-6-10-16(11-7-14)21(19,20)18(15-8-9-15)12-13-4-2-1-3-5-13/h6-7,10-11,13,15H,1-5,8-9,12,17H2. The maximum atomic E-state index is 12.9. The lowest BCUT2D eigenvalue weighted by Gasteiger charge is -2.29. The molecule has 0 unspecified atom stereocenters. The fourth-order valence-corrected chi connectivity index (χ4v) is 4.97. The summed E-state index contributed by atoms with van der Waals surface area (Å²) in [6, 6.07) is 6.80. The van der Waals surface area contributed by atoms with E-state index in [2.05, 4.69) is 0 Å². The average Bonchev–Trinajstić information content (AvgIpc) is 3.31. The van der Waals surface area contributed by atoms with Crippen LogP contribution in [0.5, 0.6) is 0 Å². The molecule has 1 aromatic carbocycles. The number of nitrogens with zero attached hydrogens (tertiary/aromatic N) is 1. The molecule has 0 spiro atoms. The molecule has 3 rings (SSSR count). The minimum atomic E-state index is -3.38. The van der Waals surface area contributed by atoms with Crippen LogP contribution >= 0.6 is 0 Å². The summed E-state index contributed by atoms with van der Waals surface area (Å²) in [5.41, 5.74) is 6.26. The Labute approximate surface area is 127 Å². The summed E-state index contributed by atoms with van der Waals surface area (Å²) in [5.74, 6) is 0.530. The van der Waals surface area contributed by atoms with Crippen molar-refractivity contribution < 1.29 is 8.42 Å². The highest BCUT2D eigenvalue weighted by Gasteiger charge is 2.39. The zero-order valence-electron chi connectivity index (χ0n) is 12.4. The Hall–Kier alpha value is -1.07. The van der Waals surface area contributed by atoms with Crippen LogP contribution in [0.25, 0.3) is 0 Å². The van der Waals surface area contributed by atoms with Crippen molar-refractivity contribution in [1.82, 2.24) is 4.31 Å². The third kappa shape index (κ3) is 3.40. The van der Waals surface area contributed by atoms with Crippen molar-refractivity contribution in [3.63, 3.8) is 0 Å². The van der Waals surface area contributed by atoms with E-state index in [9.17, 15) is 8.42 Å². The normalized spacial score (nSPS) is 20.8. The van der Waals surface area contributed by atoms with Crippen LogP contribution in [-0.4, -0.2) is 25.3 Å². The van der Waals surface area contributed by atoms with Crippen molar-refractivity contribution in [2.45, 2.75) is 55.9 Å². The number of anilines is 1. The van der Waals surface area contributed by atoms with Gasteiger partial charge in [-0.05, 0) is 55.9 Å². The van der Waals surface area contributed by atoms with Gasteiger partial charge in [0.2, 0.25) is 10.0 Å². The van der Waals surface area contributed by atoms with Crippen LogP contribution in [0.4, 0.5) is 5.69 Å². The molecule has 116 valence electrons. The zero-order valence-corrected chi connectivity index (χ0v) is 13.2. The van der Waals surface area contributed by atoms with Crippen LogP contribution in [-0.2, 0) is 10.0 Å². The Bertz CT molecular complexity index is 573. The highest BCUT2D eigenvalue weighted by Crippen LogP contribution is 2.35. The Kier molecular flexibility index (Phi) is 4.22. The van der Waals surface area contributed by atoms with Crippen LogP contribution in [0, 0.1) is 5.92 Å². The second-order valence-corrected chi connectivity index (χ2v) is 8.27. The molecular formula is C16H24N2O2S. The molecular weight excluding hydrogens is 284 g/mol. The van der Waals surface area contributed by atoms with Gasteiger partial charge in [0, 0.05) is 18.3 Å². The number of benzene rings is 1. The van der Waals surface area contributed by atoms with Gasteiger partial charge >= 0.3 is 0 Å². The van der Waals surface area contributed by atoms with Crippen molar-refractivity contribution in [1.29, 1.82) is 0 Å². The van der Waals surface area contributed by atoms with Crippen LogP contribution in [0.2, 0.25) is 0 Å². The summed E-state index contributed by atoms with van der Waals surface area (Å²) < 4.78 is 27.5. The van der Waals surface area contributed by atoms with E-state index < -0.39 is 10.0 Å². The molecule has 0 atom stereocenters. The van der Waals surface area contributed by atoms with Crippen molar-refractivity contribution in [3.8, 4) is 0 Å². The highest BCUT2D eigenvalue weighted by atomic mass is 32.2. The number of nitrogen functional groups attached to an aromatic ring is 1. The fourth-order valence-electron chi connectivity index (χ4n) is 3.21. The van der Waals surface area contributed by atoms with E-state index in [1.165, 1.54) is 32.1 Å². The minimum absolute atomic E-state index is 0.217. The molecule has 2 aliphatic carbocycles. The van der Waals surface area contributed by atoms with E-state index in [1.807, 2.05) is 0 Å². The lowest BCUT2D eigenvalue weighted by atomic mass is 9.89. The van der Waals surface area contributed by atoms with Crippen LogP contribution in [0.1, 0.15) is 44.9 Å². The minimum Gasteiger partial charge on any atom is -0.399 e. The van der Waals surface area contributed by atoms with Crippen LogP contribution < -0.4 is 5.73 Å². The summed E-state index contributed by atoms with van der Waals surface area (Å²) in [6.45, 7) is 0.692. The predicted octanol–water partition coefficient (Wildman–Crippen LogP) is 3.00. The first-order valence-corrected chi connectivity index (χ1v) is 9.39. The molecule has 0 aromatic heterocycles. The quantitative estimate of drug-likeness (QED) is 0.851. The van der Waals surface area contributed by atoms with Gasteiger partial charge in [-0.25, -0.2) is 8.42 Å². The van der Waals surface area contributed by atoms with Gasteiger partial charge in [-0.15, -0.1) is 0 Å². The van der Waals surface area contributed by atoms with Crippen LogP contribution in [0.3, 0.4) is 0 Å². The van der Waals surface area contributed by atoms with E-state index >= 15 is 0 Å². The first-order chi connectivity index (χ1) is 10.1. The molecule has 2 fully saturated rings. The molecule has 0 radical (unpaired) electrons. The van der Waals surface area contributed by atoms with E-state index in [1.54, 1.807) is 28.6 Å². The molecule has 0 aliphatic heterocycles. The van der Waals surface area contributed by atoms with E-state index in [0.717, 1.165) is 12.8 Å². The number of hydrogen-bond donors (Lipinski definition) is 1. The molecule has 2 aliphatic rings. The number of sulfonamides is 1. The topological polar surface area (TPSA) is 63.4 Å². The second-order valence-electron chi connectivity index (χ2n) is 6.38. The van der Waals surface area contributed by atoms with Crippen molar-refractivity contribution in [2.75, 3.05) is 12.3 Å². The Morgan fingerprint density at radius 3 is 2.19 bits per heavy atom. The zero-order chi connectivity index (χ0) is 14.9. The van der Waals surface area contributed by atoms with E-state index in [4.69, 9.17) is 5.73 Å². The molecule has 2 N–H and O–H groups in total. The SMILES string of the molecule is Nc1ccc(S(=O)(=O)N(CC2CCCCC2)C2CC2)cc1. The monoisotopic (exact) mass is 308 g/mol. The molecule has 4 nitrogen and oxygen atoms in total. The third-order valence-electron chi connectivity index (χ3n) is 4.60. The first-order valence-electron chi connectivity index (χ1n) is 7.95. The van der Waals surface area contributed by atoms with Gasteiger partial charge in [0.15, 0.2) is 0 Å². The fraction of sp³-hybridized carbons (Fsp3) is 0.625. The molecule has 2 saturated carbocycles. The maximum Gasteiger partial charge on any atom is 0.243 e. The molecule has 0 heterocycles. The van der Waals surface area contributed by atoms with E-state index in [-0.39, 0.29) is 6.04 Å². The number of rotatable bonds is 5. The van der Waals surface area contributed by atoms with Gasteiger partial charge in [0.1, 0.15) is 0 Å². The van der Waals surface area contributed by atoms with Gasteiger partial charge in [0.25, 0.3) is 0 Å². The summed E-state index contributed by atoms with van der Waals surface area (Å²) >= 11 is 0. The van der Waals surface area contributed by atoms with Gasteiger partial charge < -0.3 is 5.73 Å². The molecule has 21 heavy (non-hydrogen) atoms. The Balaban J connectivity index is 1.80. The molecule has 0 amide bonds. The van der Waals surface area contributed by atoms with Gasteiger partial charge in [-0.1, -0.05) is 19.3 Å². The molecule has 0 saturated heterocycles. The van der Waals surface area contributed by atoms with Crippen molar-refractivity contribution in [2.24, 2.45) is 5.92 Å². The number of hydrogen-bond acceptors (Lipinski definition) is 3. The molecule has 5 heteroatoms. The van der Waals surface area contributed by atoms with Crippen molar-refractivity contribution in [3.05, 3.63) is 24.3 Å². The summed E-state index contributed by atoms with van der Waals surface area (Å²) in [5, 5.41) is 0. The third-order valence-corrected chi connectivity index (χ3v) is 6.54. The lowest BCUT2D eigenvalue weighted by molar-refractivity contribution is 0.274. The predicted molar refractivity (Wildman–Crippen MR) is 84.3 cm³/mol. The van der Waals surface area contributed by atoms with Gasteiger partial charge in [0.05, 0.1) is 4.90 Å². The average molecular weight is 308 g/mol. The Morgan fingerprint density at radius 2 is 1.62 bits per heavy atom. The number of nitrogens with two attached hydrogens (primary N) is 1. The lowest BCUT2D eigenvalue weighted by Crippen LogP contribution is -2.37. The molecule has 1 aromatic rings.